The quantitative estimate of drug-likeness (QED) is 0.771. The second kappa shape index (κ2) is 9.09. The van der Waals surface area contributed by atoms with Gasteiger partial charge in [-0.25, -0.2) is 0 Å². The lowest BCUT2D eigenvalue weighted by Gasteiger charge is -2.28. The van der Waals surface area contributed by atoms with E-state index in [2.05, 4.69) is 20.5 Å². The van der Waals surface area contributed by atoms with E-state index in [0.717, 1.165) is 42.5 Å². The first-order valence-electron chi connectivity index (χ1n) is 9.58. The van der Waals surface area contributed by atoms with Gasteiger partial charge in [-0.05, 0) is 48.1 Å². The highest BCUT2D eigenvalue weighted by atomic mass is 35.5. The maximum atomic E-state index is 13.0. The standard InChI is InChI=1S/C20H24F2N4O2.ClH/c1-26-11-13(8-24-26)16-9-23-10-17(16)19(27)25-18-4-2-3-12-7-14(28-20(21)22)5-6-15(12)18;/h5-8,11,16-18,20,23H,2-4,9-10H2,1H3,(H,25,27);1H/t16-,17+,18?;/m1./s1. The molecule has 0 bridgehead atoms. The predicted molar refractivity (Wildman–Crippen MR) is 106 cm³/mol. The lowest BCUT2D eigenvalue weighted by Crippen LogP contribution is -2.38. The van der Waals surface area contributed by atoms with Crippen LogP contribution in [0.1, 0.15) is 41.5 Å². The molecule has 1 aliphatic heterocycles. The van der Waals surface area contributed by atoms with Crippen molar-refractivity contribution in [2.24, 2.45) is 13.0 Å². The zero-order chi connectivity index (χ0) is 19.7. The number of ether oxygens (including phenoxy) is 1. The monoisotopic (exact) mass is 426 g/mol. The number of alkyl halides is 2. The summed E-state index contributed by atoms with van der Waals surface area (Å²) in [5.41, 5.74) is 3.01. The normalized spacial score (nSPS) is 23.4. The van der Waals surface area contributed by atoms with E-state index in [1.165, 1.54) is 0 Å². The number of aryl methyl sites for hydroxylation is 2. The van der Waals surface area contributed by atoms with E-state index in [4.69, 9.17) is 0 Å². The van der Waals surface area contributed by atoms with Gasteiger partial charge in [0.15, 0.2) is 0 Å². The number of hydrogen-bond acceptors (Lipinski definition) is 4. The summed E-state index contributed by atoms with van der Waals surface area (Å²) in [5, 5.41) is 10.7. The molecule has 1 aromatic carbocycles. The van der Waals surface area contributed by atoms with Crippen LogP contribution in [0.4, 0.5) is 8.78 Å². The van der Waals surface area contributed by atoms with E-state index >= 15 is 0 Å². The molecule has 0 radical (unpaired) electrons. The number of benzene rings is 1. The largest absolute Gasteiger partial charge is 0.435 e. The van der Waals surface area contributed by atoms with Gasteiger partial charge in [-0.3, -0.25) is 9.48 Å². The number of nitrogens with zero attached hydrogens (tertiary/aromatic N) is 2. The SMILES string of the molecule is Cl.Cn1cc([C@H]2CNC[C@@H]2C(=O)NC2CCCc3cc(OC(F)F)ccc32)cn1. The molecule has 0 saturated carbocycles. The van der Waals surface area contributed by atoms with Gasteiger partial charge in [-0.15, -0.1) is 12.4 Å². The van der Waals surface area contributed by atoms with E-state index in [0.29, 0.717) is 6.54 Å². The summed E-state index contributed by atoms with van der Waals surface area (Å²) in [5.74, 6) is 0.122. The summed E-state index contributed by atoms with van der Waals surface area (Å²) >= 11 is 0. The second-order valence-electron chi connectivity index (χ2n) is 7.51. The number of halogens is 3. The fraction of sp³-hybridized carbons (Fsp3) is 0.500. The molecule has 158 valence electrons. The molecule has 3 atom stereocenters. The summed E-state index contributed by atoms with van der Waals surface area (Å²) in [4.78, 5) is 13.0. The van der Waals surface area contributed by atoms with Crippen LogP contribution in [0.25, 0.3) is 0 Å². The fourth-order valence-electron chi connectivity index (χ4n) is 4.33. The minimum Gasteiger partial charge on any atom is -0.435 e. The van der Waals surface area contributed by atoms with E-state index in [9.17, 15) is 13.6 Å². The topological polar surface area (TPSA) is 68.2 Å². The van der Waals surface area contributed by atoms with Gasteiger partial charge >= 0.3 is 6.61 Å². The van der Waals surface area contributed by atoms with Crippen molar-refractivity contribution in [3.8, 4) is 5.75 Å². The summed E-state index contributed by atoms with van der Waals surface area (Å²) in [6.45, 7) is -1.46. The van der Waals surface area contributed by atoms with Crippen molar-refractivity contribution < 1.29 is 18.3 Å². The first-order valence-corrected chi connectivity index (χ1v) is 9.58. The number of carbonyl (C=O) groups is 1. The Kier molecular flexibility index (Phi) is 6.74. The van der Waals surface area contributed by atoms with Gasteiger partial charge < -0.3 is 15.4 Å². The number of amides is 1. The van der Waals surface area contributed by atoms with E-state index in [1.807, 2.05) is 19.4 Å². The minimum atomic E-state index is -2.84. The molecule has 2 N–H and O–H groups in total. The molecule has 6 nitrogen and oxygen atoms in total. The van der Waals surface area contributed by atoms with E-state index in [1.54, 1.807) is 22.9 Å². The summed E-state index contributed by atoms with van der Waals surface area (Å²) in [7, 11) is 1.87. The predicted octanol–water partition coefficient (Wildman–Crippen LogP) is 2.94. The number of aromatic nitrogens is 2. The minimum absolute atomic E-state index is 0. The molecule has 1 saturated heterocycles. The molecule has 2 aliphatic rings. The number of nitrogens with one attached hydrogen (secondary N) is 2. The molecule has 1 aliphatic carbocycles. The van der Waals surface area contributed by atoms with Crippen LogP contribution in [0, 0.1) is 5.92 Å². The van der Waals surface area contributed by atoms with Gasteiger partial charge in [0.1, 0.15) is 5.75 Å². The van der Waals surface area contributed by atoms with Crippen LogP contribution < -0.4 is 15.4 Å². The van der Waals surface area contributed by atoms with Gasteiger partial charge in [0.05, 0.1) is 18.2 Å². The van der Waals surface area contributed by atoms with Gasteiger partial charge in [0, 0.05) is 32.3 Å². The fourth-order valence-corrected chi connectivity index (χ4v) is 4.33. The Balaban J connectivity index is 0.00000240. The maximum absolute atomic E-state index is 13.0. The molecule has 9 heteroatoms. The van der Waals surface area contributed by atoms with Crippen molar-refractivity contribution in [3.05, 3.63) is 47.3 Å². The molecule has 29 heavy (non-hydrogen) atoms. The van der Waals surface area contributed by atoms with Gasteiger partial charge in [-0.1, -0.05) is 6.07 Å². The van der Waals surface area contributed by atoms with Gasteiger partial charge in [-0.2, -0.15) is 13.9 Å². The third kappa shape index (κ3) is 4.70. The molecule has 2 aromatic rings. The van der Waals surface area contributed by atoms with Crippen molar-refractivity contribution in [1.29, 1.82) is 0 Å². The summed E-state index contributed by atoms with van der Waals surface area (Å²) in [6, 6.07) is 4.90. The van der Waals surface area contributed by atoms with E-state index < -0.39 is 6.61 Å². The summed E-state index contributed by atoms with van der Waals surface area (Å²) < 4.78 is 31.2. The van der Waals surface area contributed by atoms with Crippen LogP contribution in [0.3, 0.4) is 0 Å². The Morgan fingerprint density at radius 1 is 1.38 bits per heavy atom. The third-order valence-electron chi connectivity index (χ3n) is 5.67. The molecule has 1 amide bonds. The van der Waals surface area contributed by atoms with Crippen molar-refractivity contribution in [2.75, 3.05) is 13.1 Å². The van der Waals surface area contributed by atoms with Crippen LogP contribution in [-0.2, 0) is 18.3 Å². The van der Waals surface area contributed by atoms with Crippen molar-refractivity contribution >= 4 is 18.3 Å². The average molecular weight is 427 g/mol. The first-order chi connectivity index (χ1) is 13.5. The maximum Gasteiger partial charge on any atom is 0.387 e. The Morgan fingerprint density at radius 3 is 2.93 bits per heavy atom. The molecule has 2 heterocycles. The van der Waals surface area contributed by atoms with Crippen molar-refractivity contribution in [3.63, 3.8) is 0 Å². The molecular weight excluding hydrogens is 402 g/mol. The first kappa shape index (κ1) is 21.5. The Bertz CT molecular complexity index is 861. The van der Waals surface area contributed by atoms with Crippen LogP contribution in [0.15, 0.2) is 30.6 Å². The zero-order valence-electron chi connectivity index (χ0n) is 16.1. The molecule has 1 aromatic heterocycles. The molecule has 1 fully saturated rings. The number of rotatable bonds is 5. The van der Waals surface area contributed by atoms with Crippen LogP contribution >= 0.6 is 12.4 Å². The number of carbonyl (C=O) groups excluding carboxylic acids is 1. The Hall–Kier alpha value is -2.19. The highest BCUT2D eigenvalue weighted by molar-refractivity contribution is 5.85. The van der Waals surface area contributed by atoms with Crippen molar-refractivity contribution in [2.45, 2.75) is 37.8 Å². The van der Waals surface area contributed by atoms with Gasteiger partial charge in [0.2, 0.25) is 5.91 Å². The average Bonchev–Trinajstić information content (AvgIpc) is 3.30. The number of fused-ring (bicyclic) bond motifs is 1. The second-order valence-corrected chi connectivity index (χ2v) is 7.51. The molecule has 0 spiro atoms. The molecular formula is C20H25ClF2N4O2. The Labute approximate surface area is 174 Å². The van der Waals surface area contributed by atoms with Crippen LogP contribution in [-0.4, -0.2) is 35.4 Å². The smallest absolute Gasteiger partial charge is 0.387 e. The van der Waals surface area contributed by atoms with Crippen molar-refractivity contribution in [1.82, 2.24) is 20.4 Å². The number of hydrogen-bond donors (Lipinski definition) is 2. The highest BCUT2D eigenvalue weighted by Crippen LogP contribution is 2.34. The Morgan fingerprint density at radius 2 is 2.21 bits per heavy atom. The third-order valence-corrected chi connectivity index (χ3v) is 5.67. The van der Waals surface area contributed by atoms with Crippen LogP contribution in [0.5, 0.6) is 5.75 Å². The zero-order valence-corrected chi connectivity index (χ0v) is 16.9. The lowest BCUT2D eigenvalue weighted by atomic mass is 9.86. The molecule has 1 unspecified atom stereocenters. The lowest BCUT2D eigenvalue weighted by molar-refractivity contribution is -0.125. The summed E-state index contributed by atoms with van der Waals surface area (Å²) in [6.07, 6.45) is 6.30. The van der Waals surface area contributed by atoms with Gasteiger partial charge in [0.25, 0.3) is 0 Å². The van der Waals surface area contributed by atoms with E-state index in [-0.39, 0.29) is 41.9 Å². The highest BCUT2D eigenvalue weighted by Gasteiger charge is 2.36. The molecule has 4 rings (SSSR count). The van der Waals surface area contributed by atoms with Crippen LogP contribution in [0.2, 0.25) is 0 Å².